The summed E-state index contributed by atoms with van der Waals surface area (Å²) in [6, 6.07) is 0.582. The molecule has 0 bridgehead atoms. The quantitative estimate of drug-likeness (QED) is 0.758. The van der Waals surface area contributed by atoms with Crippen LogP contribution in [0.2, 0.25) is 0 Å². The molecule has 18 heavy (non-hydrogen) atoms. The maximum atomic E-state index is 10.7. The molecule has 0 radical (unpaired) electrons. The van der Waals surface area contributed by atoms with Gasteiger partial charge in [0.1, 0.15) is 0 Å². The first kappa shape index (κ1) is 15.9. The van der Waals surface area contributed by atoms with E-state index in [-0.39, 0.29) is 11.8 Å². The molecular weight excluding hydrogens is 250 g/mol. The summed E-state index contributed by atoms with van der Waals surface area (Å²) in [6.45, 7) is 8.84. The first-order valence-electron chi connectivity index (χ1n) is 6.78. The molecule has 0 heterocycles. The molecule has 5 heteroatoms. The second-order valence-electron chi connectivity index (χ2n) is 6.75. The summed E-state index contributed by atoms with van der Waals surface area (Å²) in [4.78, 5) is 0. The van der Waals surface area contributed by atoms with Crippen molar-refractivity contribution in [2.24, 2.45) is 11.3 Å². The van der Waals surface area contributed by atoms with Crippen LogP contribution >= 0.6 is 0 Å². The Morgan fingerprint density at radius 2 is 2.00 bits per heavy atom. The predicted molar refractivity (Wildman–Crippen MR) is 74.2 cm³/mol. The third kappa shape index (κ3) is 6.16. The smallest absolute Gasteiger partial charge is 0.264 e. The molecule has 2 N–H and O–H groups in total. The Kier molecular flexibility index (Phi) is 5.21. The van der Waals surface area contributed by atoms with Gasteiger partial charge in [0.05, 0.1) is 5.75 Å². The highest BCUT2D eigenvalue weighted by molar-refractivity contribution is 7.85. The van der Waals surface area contributed by atoms with Crippen LogP contribution in [0.25, 0.3) is 0 Å². The van der Waals surface area contributed by atoms with E-state index >= 15 is 0 Å². The number of hydrogen-bond acceptors (Lipinski definition) is 3. The Labute approximate surface area is 111 Å². The molecule has 0 spiro atoms. The van der Waals surface area contributed by atoms with Gasteiger partial charge in [-0.25, -0.2) is 0 Å². The third-order valence-electron chi connectivity index (χ3n) is 3.72. The van der Waals surface area contributed by atoms with Crippen molar-refractivity contribution in [2.45, 2.75) is 65.5 Å². The van der Waals surface area contributed by atoms with Gasteiger partial charge in [0.25, 0.3) is 10.1 Å². The molecular formula is C13H27NO3S. The van der Waals surface area contributed by atoms with Crippen LogP contribution in [0, 0.1) is 11.3 Å². The second-order valence-corrected chi connectivity index (χ2v) is 8.32. The number of hydrogen-bond donors (Lipinski definition) is 2. The summed E-state index contributed by atoms with van der Waals surface area (Å²) in [7, 11) is -3.83. The average molecular weight is 277 g/mol. The van der Waals surface area contributed by atoms with Crippen molar-refractivity contribution in [2.75, 3.05) is 5.75 Å². The molecule has 0 aromatic carbocycles. The van der Waals surface area contributed by atoms with Crippen molar-refractivity contribution in [3.63, 3.8) is 0 Å². The average Bonchev–Trinajstić information content (AvgIpc) is 2.09. The summed E-state index contributed by atoms with van der Waals surface area (Å²) < 4.78 is 30.2. The highest BCUT2D eigenvalue weighted by Gasteiger charge is 2.32. The predicted octanol–water partition coefficient (Wildman–Crippen LogP) is 2.46. The lowest BCUT2D eigenvalue weighted by atomic mass is 9.70. The molecule has 3 atom stereocenters. The lowest BCUT2D eigenvalue weighted by Crippen LogP contribution is -2.44. The van der Waals surface area contributed by atoms with Gasteiger partial charge in [0, 0.05) is 12.1 Å². The van der Waals surface area contributed by atoms with Gasteiger partial charge in [0.2, 0.25) is 0 Å². The zero-order valence-corrected chi connectivity index (χ0v) is 12.8. The minimum Gasteiger partial charge on any atom is -0.311 e. The van der Waals surface area contributed by atoms with E-state index < -0.39 is 10.1 Å². The second kappa shape index (κ2) is 5.88. The molecule has 0 aromatic heterocycles. The fraction of sp³-hybridized carbons (Fsp3) is 1.00. The normalized spacial score (nSPS) is 30.1. The number of nitrogens with one attached hydrogen (secondary N) is 1. The SMILES string of the molecule is CC1CC(NC(C)CCS(=O)(=O)O)CC(C)(C)C1. The Morgan fingerprint density at radius 3 is 2.50 bits per heavy atom. The summed E-state index contributed by atoms with van der Waals surface area (Å²) in [5, 5.41) is 3.50. The van der Waals surface area contributed by atoms with Crippen molar-refractivity contribution in [3.8, 4) is 0 Å². The third-order valence-corrected chi connectivity index (χ3v) is 4.47. The van der Waals surface area contributed by atoms with E-state index in [0.717, 1.165) is 12.8 Å². The minimum atomic E-state index is -3.83. The highest BCUT2D eigenvalue weighted by Crippen LogP contribution is 2.38. The topological polar surface area (TPSA) is 66.4 Å². The molecule has 3 unspecified atom stereocenters. The molecule has 0 aromatic rings. The van der Waals surface area contributed by atoms with E-state index in [1.165, 1.54) is 6.42 Å². The van der Waals surface area contributed by atoms with Crippen LogP contribution in [0.1, 0.15) is 53.4 Å². The molecule has 108 valence electrons. The molecule has 1 saturated carbocycles. The van der Waals surface area contributed by atoms with Gasteiger partial charge >= 0.3 is 0 Å². The lowest BCUT2D eigenvalue weighted by Gasteiger charge is -2.40. The fourth-order valence-electron chi connectivity index (χ4n) is 3.28. The Bertz CT molecular complexity index is 364. The van der Waals surface area contributed by atoms with Crippen molar-refractivity contribution < 1.29 is 13.0 Å². The van der Waals surface area contributed by atoms with E-state index in [9.17, 15) is 8.42 Å². The van der Waals surface area contributed by atoms with E-state index in [0.29, 0.717) is 23.8 Å². The monoisotopic (exact) mass is 277 g/mol. The lowest BCUT2D eigenvalue weighted by molar-refractivity contribution is 0.145. The van der Waals surface area contributed by atoms with Crippen molar-refractivity contribution in [1.29, 1.82) is 0 Å². The molecule has 0 saturated heterocycles. The van der Waals surface area contributed by atoms with Gasteiger partial charge in [-0.05, 0) is 43.9 Å². The van der Waals surface area contributed by atoms with E-state index in [1.54, 1.807) is 0 Å². The van der Waals surface area contributed by atoms with E-state index in [4.69, 9.17) is 4.55 Å². The summed E-state index contributed by atoms with van der Waals surface area (Å²) in [5.41, 5.74) is 0.359. The maximum absolute atomic E-state index is 10.7. The molecule has 4 nitrogen and oxygen atoms in total. The zero-order valence-electron chi connectivity index (χ0n) is 11.9. The van der Waals surface area contributed by atoms with Crippen LogP contribution in [0.3, 0.4) is 0 Å². The standard InChI is InChI=1S/C13H27NO3S/c1-10-7-12(9-13(3,4)8-10)14-11(2)5-6-18(15,16)17/h10-12,14H,5-9H2,1-4H3,(H,15,16,17). The first-order chi connectivity index (χ1) is 8.07. The van der Waals surface area contributed by atoms with Gasteiger partial charge in [-0.3, -0.25) is 4.55 Å². The van der Waals surface area contributed by atoms with Gasteiger partial charge in [-0.1, -0.05) is 20.8 Å². The van der Waals surface area contributed by atoms with Gasteiger partial charge < -0.3 is 5.32 Å². The van der Waals surface area contributed by atoms with Crippen LogP contribution in [0.5, 0.6) is 0 Å². The van der Waals surface area contributed by atoms with Crippen molar-refractivity contribution in [1.82, 2.24) is 5.32 Å². The number of rotatable bonds is 5. The van der Waals surface area contributed by atoms with Crippen molar-refractivity contribution in [3.05, 3.63) is 0 Å². The molecule has 1 aliphatic rings. The summed E-state index contributed by atoms with van der Waals surface area (Å²) in [6.07, 6.45) is 4.00. The van der Waals surface area contributed by atoms with Crippen LogP contribution in [-0.2, 0) is 10.1 Å². The van der Waals surface area contributed by atoms with E-state index in [1.807, 2.05) is 6.92 Å². The Balaban J connectivity index is 2.42. The van der Waals surface area contributed by atoms with Gasteiger partial charge in [-0.2, -0.15) is 8.42 Å². The van der Waals surface area contributed by atoms with Crippen LogP contribution < -0.4 is 5.32 Å². The summed E-state index contributed by atoms with van der Waals surface area (Å²) in [5.74, 6) is 0.548. The van der Waals surface area contributed by atoms with Gasteiger partial charge in [0.15, 0.2) is 0 Å². The molecule has 0 aliphatic heterocycles. The van der Waals surface area contributed by atoms with Crippen molar-refractivity contribution >= 4 is 10.1 Å². The molecule has 0 amide bonds. The highest BCUT2D eigenvalue weighted by atomic mass is 32.2. The molecule has 1 fully saturated rings. The molecule has 1 aliphatic carbocycles. The fourth-order valence-corrected chi connectivity index (χ4v) is 3.94. The van der Waals surface area contributed by atoms with Crippen LogP contribution in [0.4, 0.5) is 0 Å². The van der Waals surface area contributed by atoms with Gasteiger partial charge in [-0.15, -0.1) is 0 Å². The van der Waals surface area contributed by atoms with Crippen LogP contribution in [0.15, 0.2) is 0 Å². The van der Waals surface area contributed by atoms with Crippen LogP contribution in [-0.4, -0.2) is 30.8 Å². The van der Waals surface area contributed by atoms with E-state index in [2.05, 4.69) is 26.1 Å². The first-order valence-corrected chi connectivity index (χ1v) is 8.39. The molecule has 1 rings (SSSR count). The largest absolute Gasteiger partial charge is 0.311 e. The Hall–Kier alpha value is -0.130. The maximum Gasteiger partial charge on any atom is 0.264 e. The zero-order chi connectivity index (χ0) is 14.0. The Morgan fingerprint density at radius 1 is 1.39 bits per heavy atom. The minimum absolute atomic E-state index is 0.123. The summed E-state index contributed by atoms with van der Waals surface area (Å²) >= 11 is 0.